The van der Waals surface area contributed by atoms with Crippen LogP contribution in [0.5, 0.6) is 0 Å². The van der Waals surface area contributed by atoms with Crippen molar-refractivity contribution in [1.82, 2.24) is 0 Å². The zero-order valence-corrected chi connectivity index (χ0v) is 15.8. The van der Waals surface area contributed by atoms with Gasteiger partial charge in [-0.05, 0) is 42.8 Å². The quantitative estimate of drug-likeness (QED) is 0.826. The van der Waals surface area contributed by atoms with E-state index >= 15 is 0 Å². The second kappa shape index (κ2) is 6.68. The summed E-state index contributed by atoms with van der Waals surface area (Å²) in [7, 11) is -7.87. The maximum atomic E-state index is 12.8. The number of amides is 1. The first-order valence-electron chi connectivity index (χ1n) is 7.83. The van der Waals surface area contributed by atoms with E-state index in [2.05, 4.69) is 4.72 Å². The summed E-state index contributed by atoms with van der Waals surface area (Å²) in [6.45, 7) is 1.56. The number of nitrogens with zero attached hydrogens (tertiary/aromatic N) is 2. The Morgan fingerprint density at radius 2 is 1.93 bits per heavy atom. The minimum Gasteiger partial charge on any atom is -0.280 e. The Morgan fingerprint density at radius 3 is 2.56 bits per heavy atom. The van der Waals surface area contributed by atoms with Gasteiger partial charge in [0.1, 0.15) is 0 Å². The normalized spacial score (nSPS) is 16.1. The van der Waals surface area contributed by atoms with E-state index < -0.39 is 26.0 Å². The van der Waals surface area contributed by atoms with Gasteiger partial charge in [-0.25, -0.2) is 21.1 Å². The summed E-state index contributed by atoms with van der Waals surface area (Å²) in [5, 5.41) is 8.93. The number of aryl methyl sites for hydroxylation is 1. The number of carbonyl (C=O) groups excluding carboxylic acids is 1. The summed E-state index contributed by atoms with van der Waals surface area (Å²) in [6, 6.07) is 11.9. The predicted octanol–water partition coefficient (Wildman–Crippen LogP) is 1.73. The van der Waals surface area contributed by atoms with Gasteiger partial charge in [-0.2, -0.15) is 5.26 Å². The number of hydrogen-bond acceptors (Lipinski definition) is 6. The number of hydrogen-bond donors (Lipinski definition) is 1. The third kappa shape index (κ3) is 3.65. The average Bonchev–Trinajstić information content (AvgIpc) is 2.88. The molecule has 0 atom stereocenters. The lowest BCUT2D eigenvalue weighted by molar-refractivity contribution is -0.116. The van der Waals surface area contributed by atoms with Gasteiger partial charge in [0.15, 0.2) is 0 Å². The molecule has 10 heteroatoms. The molecule has 0 bridgehead atoms. The van der Waals surface area contributed by atoms with Gasteiger partial charge in [0.25, 0.3) is 10.0 Å². The molecule has 1 fully saturated rings. The van der Waals surface area contributed by atoms with Crippen LogP contribution in [0.1, 0.15) is 17.5 Å². The molecule has 8 nitrogen and oxygen atoms in total. The van der Waals surface area contributed by atoms with Crippen molar-refractivity contribution in [2.75, 3.05) is 14.8 Å². The number of benzene rings is 2. The SMILES string of the molecule is Cc1ccc(N2C(=O)CCS2(=O)=O)cc1S(=O)(=O)Nc1cccc(C#N)c1. The van der Waals surface area contributed by atoms with Gasteiger partial charge in [-0.3, -0.25) is 9.52 Å². The fourth-order valence-corrected chi connectivity index (χ4v) is 5.50. The second-order valence-corrected chi connectivity index (χ2v) is 9.56. The van der Waals surface area contributed by atoms with Crippen LogP contribution < -0.4 is 9.03 Å². The van der Waals surface area contributed by atoms with Crippen molar-refractivity contribution in [3.63, 3.8) is 0 Å². The Bertz CT molecular complexity index is 1180. The highest BCUT2D eigenvalue weighted by atomic mass is 32.2. The maximum Gasteiger partial charge on any atom is 0.262 e. The third-order valence-corrected chi connectivity index (χ3v) is 7.23. The zero-order valence-electron chi connectivity index (χ0n) is 14.2. The van der Waals surface area contributed by atoms with Crippen LogP contribution in [0.25, 0.3) is 0 Å². The Hall–Kier alpha value is -2.90. The van der Waals surface area contributed by atoms with Crippen LogP contribution >= 0.6 is 0 Å². The fourth-order valence-electron chi connectivity index (χ4n) is 2.74. The minimum atomic E-state index is -4.07. The van der Waals surface area contributed by atoms with Gasteiger partial charge in [-0.1, -0.05) is 12.1 Å². The second-order valence-electron chi connectivity index (χ2n) is 5.97. The number of sulfonamides is 2. The summed E-state index contributed by atoms with van der Waals surface area (Å²) in [6.07, 6.45) is -0.141. The third-order valence-electron chi connectivity index (χ3n) is 4.02. The molecule has 1 heterocycles. The van der Waals surface area contributed by atoms with Crippen molar-refractivity contribution in [2.24, 2.45) is 0 Å². The maximum absolute atomic E-state index is 12.8. The Labute approximate surface area is 157 Å². The Balaban J connectivity index is 2.03. The molecular weight excluding hydrogens is 390 g/mol. The molecule has 0 aromatic heterocycles. The zero-order chi connectivity index (χ0) is 19.8. The molecule has 1 aliphatic rings. The van der Waals surface area contributed by atoms with E-state index in [0.717, 1.165) is 6.07 Å². The summed E-state index contributed by atoms with van der Waals surface area (Å²) in [5.74, 6) is -0.905. The summed E-state index contributed by atoms with van der Waals surface area (Å²) in [4.78, 5) is 11.8. The molecule has 27 heavy (non-hydrogen) atoms. The minimum absolute atomic E-state index is 0.0192. The monoisotopic (exact) mass is 405 g/mol. The molecule has 1 amide bonds. The van der Waals surface area contributed by atoms with Gasteiger partial charge in [0.2, 0.25) is 15.9 Å². The summed E-state index contributed by atoms with van der Waals surface area (Å²) < 4.78 is 52.8. The first-order chi connectivity index (χ1) is 12.6. The lowest BCUT2D eigenvalue weighted by Gasteiger charge is -2.17. The van der Waals surface area contributed by atoms with Gasteiger partial charge in [-0.15, -0.1) is 0 Å². The number of rotatable bonds is 4. The summed E-state index contributed by atoms with van der Waals surface area (Å²) >= 11 is 0. The van der Waals surface area contributed by atoms with E-state index in [1.807, 2.05) is 6.07 Å². The summed E-state index contributed by atoms with van der Waals surface area (Å²) in [5.41, 5.74) is 0.846. The molecule has 0 spiro atoms. The lowest BCUT2D eigenvalue weighted by atomic mass is 10.2. The molecular formula is C17H15N3O5S2. The molecule has 2 aromatic rings. The van der Waals surface area contributed by atoms with Crippen molar-refractivity contribution >= 4 is 37.3 Å². The van der Waals surface area contributed by atoms with Gasteiger partial charge < -0.3 is 0 Å². The first-order valence-corrected chi connectivity index (χ1v) is 10.9. The highest BCUT2D eigenvalue weighted by Crippen LogP contribution is 2.30. The van der Waals surface area contributed by atoms with Crippen molar-refractivity contribution < 1.29 is 21.6 Å². The van der Waals surface area contributed by atoms with E-state index in [1.54, 1.807) is 6.92 Å². The standard InChI is InChI=1S/C17H15N3O5S2/c1-12-5-6-15(20-17(21)7-8-26(20,22)23)10-16(12)27(24,25)19-14-4-2-3-13(9-14)11-18/h2-6,9-10,19H,7-8H2,1H3. The smallest absolute Gasteiger partial charge is 0.262 e. The number of anilines is 2. The van der Waals surface area contributed by atoms with E-state index in [9.17, 15) is 21.6 Å². The fraction of sp³-hybridized carbons (Fsp3) is 0.176. The molecule has 1 N–H and O–H groups in total. The van der Waals surface area contributed by atoms with Crippen LogP contribution in [-0.2, 0) is 24.8 Å². The van der Waals surface area contributed by atoms with Gasteiger partial charge in [0, 0.05) is 6.42 Å². The highest BCUT2D eigenvalue weighted by Gasteiger charge is 2.37. The number of nitriles is 1. The van der Waals surface area contributed by atoms with Crippen LogP contribution in [0.3, 0.4) is 0 Å². The van der Waals surface area contributed by atoms with Crippen LogP contribution in [0, 0.1) is 18.3 Å². The van der Waals surface area contributed by atoms with Gasteiger partial charge in [0.05, 0.1) is 33.7 Å². The van der Waals surface area contributed by atoms with E-state index in [4.69, 9.17) is 5.26 Å². The Kier molecular flexibility index (Phi) is 4.67. The van der Waals surface area contributed by atoms with Crippen LogP contribution in [0.4, 0.5) is 11.4 Å². The van der Waals surface area contributed by atoms with E-state index in [-0.39, 0.29) is 34.0 Å². The largest absolute Gasteiger partial charge is 0.280 e. The molecule has 0 saturated carbocycles. The van der Waals surface area contributed by atoms with E-state index in [1.165, 1.54) is 36.4 Å². The molecule has 3 rings (SSSR count). The highest BCUT2D eigenvalue weighted by molar-refractivity contribution is 7.94. The number of nitrogens with one attached hydrogen (secondary N) is 1. The lowest BCUT2D eigenvalue weighted by Crippen LogP contribution is -2.29. The molecule has 1 saturated heterocycles. The van der Waals surface area contributed by atoms with Crippen LogP contribution in [0.2, 0.25) is 0 Å². The molecule has 0 unspecified atom stereocenters. The number of carbonyl (C=O) groups is 1. The first kappa shape index (κ1) is 18.9. The van der Waals surface area contributed by atoms with Crippen molar-refractivity contribution in [3.8, 4) is 6.07 Å². The average molecular weight is 405 g/mol. The molecule has 1 aliphatic heterocycles. The van der Waals surface area contributed by atoms with Gasteiger partial charge >= 0.3 is 0 Å². The van der Waals surface area contributed by atoms with Crippen molar-refractivity contribution in [1.29, 1.82) is 5.26 Å². The topological polar surface area (TPSA) is 124 Å². The Morgan fingerprint density at radius 1 is 1.19 bits per heavy atom. The molecule has 2 aromatic carbocycles. The van der Waals surface area contributed by atoms with Crippen molar-refractivity contribution in [2.45, 2.75) is 18.2 Å². The van der Waals surface area contributed by atoms with Crippen molar-refractivity contribution in [3.05, 3.63) is 53.6 Å². The van der Waals surface area contributed by atoms with Crippen LogP contribution in [-0.4, -0.2) is 28.5 Å². The molecule has 140 valence electrons. The predicted molar refractivity (Wildman–Crippen MR) is 99.0 cm³/mol. The van der Waals surface area contributed by atoms with E-state index in [0.29, 0.717) is 9.87 Å². The molecule has 0 aliphatic carbocycles. The van der Waals surface area contributed by atoms with Crippen LogP contribution in [0.15, 0.2) is 47.4 Å². The molecule has 0 radical (unpaired) electrons.